The maximum atomic E-state index is 11.8. The van der Waals surface area contributed by atoms with Crippen LogP contribution in [-0.2, 0) is 20.4 Å². The Balaban J connectivity index is 3.48. The minimum Gasteiger partial charge on any atom is -0.496 e. The van der Waals surface area contributed by atoms with Crippen molar-refractivity contribution in [3.05, 3.63) is 28.8 Å². The van der Waals surface area contributed by atoms with Gasteiger partial charge in [0.2, 0.25) is 0 Å². The quantitative estimate of drug-likeness (QED) is 0.816. The second-order valence-corrected chi connectivity index (χ2v) is 8.17. The molecule has 0 spiro atoms. The summed E-state index contributed by atoms with van der Waals surface area (Å²) >= 11 is 0. The van der Waals surface area contributed by atoms with E-state index < -0.39 is 12.1 Å². The van der Waals surface area contributed by atoms with Gasteiger partial charge in [-0.3, -0.25) is 4.79 Å². The van der Waals surface area contributed by atoms with Crippen LogP contribution >= 0.6 is 0 Å². The molecule has 1 atom stereocenters. The molecule has 4 nitrogen and oxygen atoms in total. The van der Waals surface area contributed by atoms with E-state index in [2.05, 4.69) is 47.6 Å². The van der Waals surface area contributed by atoms with Gasteiger partial charge in [-0.15, -0.1) is 0 Å². The van der Waals surface area contributed by atoms with Crippen molar-refractivity contribution < 1.29 is 19.4 Å². The third-order valence-corrected chi connectivity index (χ3v) is 4.02. The van der Waals surface area contributed by atoms with Crippen molar-refractivity contribution in [1.29, 1.82) is 0 Å². The Morgan fingerprint density at radius 1 is 1.12 bits per heavy atom. The Labute approximate surface area is 146 Å². The molecule has 1 unspecified atom stereocenters. The molecule has 0 aromatic heterocycles. The Bertz CT molecular complexity index is 577. The lowest BCUT2D eigenvalue weighted by atomic mass is 9.78. The minimum atomic E-state index is -0.956. The molecule has 1 aromatic rings. The van der Waals surface area contributed by atoms with Gasteiger partial charge in [0, 0.05) is 11.1 Å². The van der Waals surface area contributed by atoms with Crippen LogP contribution in [0.2, 0.25) is 0 Å². The number of aliphatic hydroxyl groups excluding tert-OH is 1. The average molecular weight is 336 g/mol. The maximum absolute atomic E-state index is 11.8. The van der Waals surface area contributed by atoms with Crippen LogP contribution in [0, 0.1) is 0 Å². The van der Waals surface area contributed by atoms with Crippen LogP contribution in [0.4, 0.5) is 0 Å². The zero-order valence-corrected chi connectivity index (χ0v) is 16.3. The second kappa shape index (κ2) is 7.56. The predicted octanol–water partition coefficient (Wildman–Crippen LogP) is 4.28. The highest BCUT2D eigenvalue weighted by Crippen LogP contribution is 2.41. The topological polar surface area (TPSA) is 55.8 Å². The number of esters is 1. The normalized spacial score (nSPS) is 13.5. The van der Waals surface area contributed by atoms with E-state index >= 15 is 0 Å². The smallest absolute Gasteiger partial charge is 0.308 e. The summed E-state index contributed by atoms with van der Waals surface area (Å²) in [6.07, 6.45) is -1.04. The van der Waals surface area contributed by atoms with Gasteiger partial charge in [-0.1, -0.05) is 47.6 Å². The lowest BCUT2D eigenvalue weighted by Gasteiger charge is -2.29. The number of rotatable bonds is 5. The summed E-state index contributed by atoms with van der Waals surface area (Å²) in [7, 11) is 1.60. The SMILES string of the molecule is CCOC(=O)CC(O)c1cc(C(C)(C)C)cc(C(C)(C)C)c1OC. The first kappa shape index (κ1) is 20.5. The molecule has 0 radical (unpaired) electrons. The molecule has 1 rings (SSSR count). The van der Waals surface area contributed by atoms with Crippen LogP contribution in [0.1, 0.15) is 77.7 Å². The summed E-state index contributed by atoms with van der Waals surface area (Å²) in [5.74, 6) is 0.234. The average Bonchev–Trinajstić information content (AvgIpc) is 2.43. The highest BCUT2D eigenvalue weighted by Gasteiger charge is 2.28. The van der Waals surface area contributed by atoms with Crippen molar-refractivity contribution in [1.82, 2.24) is 0 Å². The summed E-state index contributed by atoms with van der Waals surface area (Å²) in [6.45, 7) is 14.8. The first-order valence-electron chi connectivity index (χ1n) is 8.48. The number of hydrogen-bond acceptors (Lipinski definition) is 4. The number of benzene rings is 1. The highest BCUT2D eigenvalue weighted by molar-refractivity contribution is 5.70. The van der Waals surface area contributed by atoms with Gasteiger partial charge in [0.25, 0.3) is 0 Å². The molecule has 0 saturated carbocycles. The van der Waals surface area contributed by atoms with Gasteiger partial charge in [0.05, 0.1) is 26.2 Å². The molecule has 0 aliphatic carbocycles. The van der Waals surface area contributed by atoms with Crippen molar-refractivity contribution in [2.75, 3.05) is 13.7 Å². The summed E-state index contributed by atoms with van der Waals surface area (Å²) in [5.41, 5.74) is 2.54. The minimum absolute atomic E-state index is 0.0787. The number of carbonyl (C=O) groups excluding carboxylic acids is 1. The van der Waals surface area contributed by atoms with Crippen molar-refractivity contribution in [3.63, 3.8) is 0 Å². The van der Waals surface area contributed by atoms with Crippen LogP contribution in [-0.4, -0.2) is 24.8 Å². The van der Waals surface area contributed by atoms with Gasteiger partial charge >= 0.3 is 5.97 Å². The van der Waals surface area contributed by atoms with Gasteiger partial charge in [-0.25, -0.2) is 0 Å². The molecule has 0 amide bonds. The van der Waals surface area contributed by atoms with E-state index in [1.807, 2.05) is 6.07 Å². The monoisotopic (exact) mass is 336 g/mol. The third-order valence-electron chi connectivity index (χ3n) is 4.02. The van der Waals surface area contributed by atoms with E-state index in [4.69, 9.17) is 9.47 Å². The molecule has 0 saturated heterocycles. The zero-order chi connectivity index (χ0) is 18.7. The Morgan fingerprint density at radius 2 is 1.71 bits per heavy atom. The number of ether oxygens (including phenoxy) is 2. The number of aliphatic hydroxyl groups is 1. The van der Waals surface area contributed by atoms with E-state index in [-0.39, 0.29) is 17.3 Å². The molecule has 0 aliphatic rings. The first-order chi connectivity index (χ1) is 10.9. The molecule has 24 heavy (non-hydrogen) atoms. The largest absolute Gasteiger partial charge is 0.496 e. The van der Waals surface area contributed by atoms with E-state index in [0.29, 0.717) is 17.9 Å². The van der Waals surface area contributed by atoms with E-state index in [1.54, 1.807) is 14.0 Å². The Hall–Kier alpha value is -1.55. The fourth-order valence-electron chi connectivity index (χ4n) is 2.60. The zero-order valence-electron chi connectivity index (χ0n) is 16.3. The van der Waals surface area contributed by atoms with Gasteiger partial charge in [-0.2, -0.15) is 0 Å². The van der Waals surface area contributed by atoms with Gasteiger partial charge in [0.1, 0.15) is 5.75 Å². The van der Waals surface area contributed by atoms with Crippen molar-refractivity contribution in [3.8, 4) is 5.75 Å². The highest BCUT2D eigenvalue weighted by atomic mass is 16.5. The molecular formula is C20H32O4. The molecule has 0 bridgehead atoms. The van der Waals surface area contributed by atoms with Gasteiger partial charge in [0.15, 0.2) is 0 Å². The summed E-state index contributed by atoms with van der Waals surface area (Å²) in [6, 6.07) is 4.08. The molecule has 4 heteroatoms. The summed E-state index contributed by atoms with van der Waals surface area (Å²) in [4.78, 5) is 11.8. The summed E-state index contributed by atoms with van der Waals surface area (Å²) in [5, 5.41) is 10.6. The first-order valence-corrected chi connectivity index (χ1v) is 8.48. The molecule has 1 aromatic carbocycles. The molecule has 1 N–H and O–H groups in total. The van der Waals surface area contributed by atoms with Gasteiger partial charge in [-0.05, 0) is 29.4 Å². The van der Waals surface area contributed by atoms with Crippen LogP contribution in [0.25, 0.3) is 0 Å². The standard InChI is InChI=1S/C20H32O4/c1-9-24-17(22)12-16(21)14-10-13(19(2,3)4)11-15(18(14)23-8)20(5,6)7/h10-11,16,21H,9,12H2,1-8H3. The molecule has 0 heterocycles. The second-order valence-electron chi connectivity index (χ2n) is 8.17. The molecule has 136 valence electrons. The van der Waals surface area contributed by atoms with Gasteiger partial charge < -0.3 is 14.6 Å². The lowest BCUT2D eigenvalue weighted by Crippen LogP contribution is -2.20. The van der Waals surface area contributed by atoms with Crippen molar-refractivity contribution in [2.24, 2.45) is 0 Å². The van der Waals surface area contributed by atoms with Crippen LogP contribution in [0.15, 0.2) is 12.1 Å². The molecule has 0 aliphatic heterocycles. The van der Waals surface area contributed by atoms with E-state index in [9.17, 15) is 9.90 Å². The Kier molecular flexibility index (Phi) is 6.45. The lowest BCUT2D eigenvalue weighted by molar-refractivity contribution is -0.145. The van der Waals surface area contributed by atoms with Crippen LogP contribution < -0.4 is 4.74 Å². The molecule has 0 fully saturated rings. The fourth-order valence-corrected chi connectivity index (χ4v) is 2.60. The van der Waals surface area contributed by atoms with E-state index in [0.717, 1.165) is 11.1 Å². The van der Waals surface area contributed by atoms with E-state index in [1.165, 1.54) is 0 Å². The third kappa shape index (κ3) is 4.97. The molecular weight excluding hydrogens is 304 g/mol. The summed E-state index contributed by atoms with van der Waals surface area (Å²) < 4.78 is 10.6. The van der Waals surface area contributed by atoms with Crippen molar-refractivity contribution >= 4 is 5.97 Å². The van der Waals surface area contributed by atoms with Crippen LogP contribution in [0.3, 0.4) is 0 Å². The fraction of sp³-hybridized carbons (Fsp3) is 0.650. The maximum Gasteiger partial charge on any atom is 0.308 e. The van der Waals surface area contributed by atoms with Crippen molar-refractivity contribution in [2.45, 2.75) is 71.8 Å². The Morgan fingerprint density at radius 3 is 2.12 bits per heavy atom. The number of methoxy groups -OCH3 is 1. The number of carbonyl (C=O) groups is 1. The predicted molar refractivity (Wildman–Crippen MR) is 96.6 cm³/mol. The van der Waals surface area contributed by atoms with Crippen LogP contribution in [0.5, 0.6) is 5.75 Å². The number of hydrogen-bond donors (Lipinski definition) is 1.